The quantitative estimate of drug-likeness (QED) is 0.593. The molecule has 0 unspecified atom stereocenters. The fraction of sp³-hybridized carbons (Fsp3) is 0.400. The Morgan fingerprint density at radius 1 is 1.03 bits per heavy atom. The number of hydrogen-bond acceptors (Lipinski definition) is 6. The molecule has 2 heterocycles. The van der Waals surface area contributed by atoms with Gasteiger partial charge in [0.15, 0.2) is 5.69 Å². The molecule has 0 bridgehead atoms. The Balaban J connectivity index is 1.63. The number of pyridine rings is 1. The first-order chi connectivity index (χ1) is 16.2. The van der Waals surface area contributed by atoms with Gasteiger partial charge in [0.25, 0.3) is 5.91 Å². The van der Waals surface area contributed by atoms with Gasteiger partial charge in [0.2, 0.25) is 5.91 Å². The van der Waals surface area contributed by atoms with E-state index >= 15 is 0 Å². The van der Waals surface area contributed by atoms with Crippen LogP contribution in [0, 0.1) is 0 Å². The second-order valence-electron chi connectivity index (χ2n) is 8.76. The molecule has 1 fully saturated rings. The van der Waals surface area contributed by atoms with Crippen molar-refractivity contribution in [3.8, 4) is 0 Å². The van der Waals surface area contributed by atoms with E-state index in [-0.39, 0.29) is 23.6 Å². The summed E-state index contributed by atoms with van der Waals surface area (Å²) >= 11 is 1.13. The fourth-order valence-corrected chi connectivity index (χ4v) is 5.48. The molecule has 5 rings (SSSR count). The van der Waals surface area contributed by atoms with Crippen LogP contribution in [0.1, 0.15) is 71.7 Å². The van der Waals surface area contributed by atoms with Crippen molar-refractivity contribution in [2.75, 3.05) is 4.90 Å². The Hall–Kier alpha value is -3.13. The lowest BCUT2D eigenvalue weighted by molar-refractivity contribution is -0.123. The number of benzene rings is 1. The van der Waals surface area contributed by atoms with Crippen LogP contribution < -0.4 is 10.2 Å². The van der Waals surface area contributed by atoms with E-state index in [1.807, 2.05) is 24.3 Å². The highest BCUT2D eigenvalue weighted by Gasteiger charge is 2.37. The number of aromatic nitrogens is 3. The molecule has 0 saturated heterocycles. The summed E-state index contributed by atoms with van der Waals surface area (Å²) in [5, 5.41) is 8.91. The molecule has 0 radical (unpaired) electrons. The van der Waals surface area contributed by atoms with E-state index in [1.54, 1.807) is 22.7 Å². The molecule has 2 aliphatic carbocycles. The average Bonchev–Trinajstić information content (AvgIpc) is 3.57. The number of carbonyl (C=O) groups excluding carboxylic acids is 2. The molecule has 8 heteroatoms. The van der Waals surface area contributed by atoms with Crippen LogP contribution in [0.25, 0.3) is 0 Å². The minimum atomic E-state index is -0.823. The third-order valence-electron chi connectivity index (χ3n) is 6.66. The first-order valence-corrected chi connectivity index (χ1v) is 12.5. The number of aryl methyl sites for hydroxylation is 1. The standard InChI is InChI=1S/C25H27N5O2S/c31-24(27-19-8-2-3-9-19)23(18-12-14-26-15-13-18)30(25(32)21-16-33-29-28-21)22-11-5-7-17-6-1-4-10-20(17)22/h5,7,11-16,19,23H,1-4,6,8-10H2,(H,27,31)/t23-/m0/s1. The number of hydrogen-bond donors (Lipinski definition) is 1. The SMILES string of the molecule is O=C(NC1CCCC1)[C@H](c1ccncc1)N(C(=O)c1csnn1)c1cccc2c1CCCC2. The number of anilines is 1. The van der Waals surface area contributed by atoms with Gasteiger partial charge in [-0.2, -0.15) is 0 Å². The fourth-order valence-electron chi connectivity index (χ4n) is 5.05. The summed E-state index contributed by atoms with van der Waals surface area (Å²) < 4.78 is 3.90. The lowest BCUT2D eigenvalue weighted by atomic mass is 9.89. The summed E-state index contributed by atoms with van der Waals surface area (Å²) in [5.41, 5.74) is 4.16. The Labute approximate surface area is 197 Å². The normalized spacial score (nSPS) is 16.7. The molecular formula is C25H27N5O2S. The summed E-state index contributed by atoms with van der Waals surface area (Å²) in [6.07, 6.45) is 11.6. The second-order valence-corrected chi connectivity index (χ2v) is 9.37. The predicted octanol–water partition coefficient (Wildman–Crippen LogP) is 4.26. The van der Waals surface area contributed by atoms with Gasteiger partial charge < -0.3 is 5.32 Å². The lowest BCUT2D eigenvalue weighted by Crippen LogP contribution is -2.47. The summed E-state index contributed by atoms with van der Waals surface area (Å²) in [4.78, 5) is 33.5. The molecule has 33 heavy (non-hydrogen) atoms. The van der Waals surface area contributed by atoms with Gasteiger partial charge in [0.05, 0.1) is 0 Å². The smallest absolute Gasteiger partial charge is 0.280 e. The Kier molecular flexibility index (Phi) is 6.44. The predicted molar refractivity (Wildman–Crippen MR) is 127 cm³/mol. The Morgan fingerprint density at radius 3 is 2.58 bits per heavy atom. The number of carbonyl (C=O) groups is 2. The third kappa shape index (κ3) is 4.53. The average molecular weight is 462 g/mol. The summed E-state index contributed by atoms with van der Waals surface area (Å²) in [6.45, 7) is 0. The highest BCUT2D eigenvalue weighted by atomic mass is 32.1. The minimum absolute atomic E-state index is 0.143. The third-order valence-corrected chi connectivity index (χ3v) is 7.16. The van der Waals surface area contributed by atoms with Gasteiger partial charge in [0, 0.05) is 29.5 Å². The minimum Gasteiger partial charge on any atom is -0.351 e. The largest absolute Gasteiger partial charge is 0.351 e. The number of fused-ring (bicyclic) bond motifs is 1. The van der Waals surface area contributed by atoms with Crippen LogP contribution in [0.4, 0.5) is 5.69 Å². The molecule has 1 saturated carbocycles. The van der Waals surface area contributed by atoms with Crippen LogP contribution in [-0.4, -0.2) is 32.4 Å². The summed E-state index contributed by atoms with van der Waals surface area (Å²) in [7, 11) is 0. The molecule has 1 atom stereocenters. The van der Waals surface area contributed by atoms with Crippen LogP contribution >= 0.6 is 11.5 Å². The van der Waals surface area contributed by atoms with E-state index in [4.69, 9.17) is 0 Å². The monoisotopic (exact) mass is 461 g/mol. The van der Waals surface area contributed by atoms with Gasteiger partial charge >= 0.3 is 0 Å². The first kappa shape index (κ1) is 21.7. The van der Waals surface area contributed by atoms with E-state index in [0.29, 0.717) is 0 Å². The maximum Gasteiger partial charge on any atom is 0.280 e. The molecule has 2 amide bonds. The van der Waals surface area contributed by atoms with Crippen LogP contribution in [0.5, 0.6) is 0 Å². The molecule has 1 aromatic carbocycles. The molecule has 2 aliphatic rings. The molecule has 7 nitrogen and oxygen atoms in total. The molecule has 0 spiro atoms. The van der Waals surface area contributed by atoms with Crippen LogP contribution in [0.15, 0.2) is 48.1 Å². The van der Waals surface area contributed by atoms with Crippen LogP contribution in [-0.2, 0) is 17.6 Å². The van der Waals surface area contributed by atoms with Crippen molar-refractivity contribution in [1.82, 2.24) is 19.9 Å². The Morgan fingerprint density at radius 2 is 1.82 bits per heavy atom. The maximum absolute atomic E-state index is 13.9. The number of nitrogens with one attached hydrogen (secondary N) is 1. The highest BCUT2D eigenvalue weighted by Crippen LogP contribution is 2.36. The van der Waals surface area contributed by atoms with Gasteiger partial charge in [-0.25, -0.2) is 0 Å². The molecule has 0 aliphatic heterocycles. The van der Waals surface area contributed by atoms with Crippen LogP contribution in [0.3, 0.4) is 0 Å². The number of amides is 2. The number of rotatable bonds is 6. The maximum atomic E-state index is 13.9. The molecule has 170 valence electrons. The van der Waals surface area contributed by atoms with Gasteiger partial charge in [-0.15, -0.1) is 5.10 Å². The summed E-state index contributed by atoms with van der Waals surface area (Å²) in [5.74, 6) is -0.482. The van der Waals surface area contributed by atoms with Crippen molar-refractivity contribution in [3.63, 3.8) is 0 Å². The van der Waals surface area contributed by atoms with E-state index < -0.39 is 6.04 Å². The van der Waals surface area contributed by atoms with E-state index in [1.165, 1.54) is 5.56 Å². The van der Waals surface area contributed by atoms with Crippen molar-refractivity contribution < 1.29 is 9.59 Å². The zero-order valence-electron chi connectivity index (χ0n) is 18.4. The van der Waals surface area contributed by atoms with Gasteiger partial charge in [0.1, 0.15) is 6.04 Å². The molecular weight excluding hydrogens is 434 g/mol. The second kappa shape index (κ2) is 9.79. The van der Waals surface area contributed by atoms with Crippen molar-refractivity contribution in [2.45, 2.75) is 63.5 Å². The van der Waals surface area contributed by atoms with Crippen molar-refractivity contribution in [1.29, 1.82) is 0 Å². The van der Waals surface area contributed by atoms with Crippen molar-refractivity contribution >= 4 is 29.0 Å². The van der Waals surface area contributed by atoms with Crippen molar-refractivity contribution in [2.24, 2.45) is 0 Å². The van der Waals surface area contributed by atoms with Gasteiger partial charge in [-0.1, -0.05) is 29.5 Å². The van der Waals surface area contributed by atoms with Crippen LogP contribution in [0.2, 0.25) is 0 Å². The first-order valence-electron chi connectivity index (χ1n) is 11.6. The number of nitrogens with zero attached hydrogens (tertiary/aromatic N) is 4. The Bertz CT molecular complexity index is 1110. The zero-order chi connectivity index (χ0) is 22.6. The van der Waals surface area contributed by atoms with Crippen molar-refractivity contribution in [3.05, 3.63) is 70.5 Å². The van der Waals surface area contributed by atoms with E-state index in [0.717, 1.165) is 79.7 Å². The highest BCUT2D eigenvalue weighted by molar-refractivity contribution is 7.03. The molecule has 1 N–H and O–H groups in total. The van der Waals surface area contributed by atoms with E-state index in [2.05, 4.69) is 26.0 Å². The molecule has 2 aromatic heterocycles. The van der Waals surface area contributed by atoms with E-state index in [9.17, 15) is 9.59 Å². The van der Waals surface area contributed by atoms with Gasteiger partial charge in [-0.3, -0.25) is 19.5 Å². The topological polar surface area (TPSA) is 88.1 Å². The van der Waals surface area contributed by atoms with Gasteiger partial charge in [-0.05, 0) is 84.9 Å². The molecule has 3 aromatic rings. The lowest BCUT2D eigenvalue weighted by Gasteiger charge is -2.34. The summed E-state index contributed by atoms with van der Waals surface area (Å²) in [6, 6.07) is 9.02. The zero-order valence-corrected chi connectivity index (χ0v) is 19.3.